The molecule has 7 nitrogen and oxygen atoms in total. The maximum absolute atomic E-state index is 10.6. The van der Waals surface area contributed by atoms with Crippen LogP contribution < -0.4 is 5.73 Å². The van der Waals surface area contributed by atoms with E-state index in [2.05, 4.69) is 15.1 Å². The highest BCUT2D eigenvalue weighted by atomic mass is 16.4. The Balaban J connectivity index is 2.76. The Morgan fingerprint density at radius 3 is 2.93 bits per heavy atom. The van der Waals surface area contributed by atoms with Gasteiger partial charge in [0.2, 0.25) is 0 Å². The summed E-state index contributed by atoms with van der Waals surface area (Å²) in [6.45, 7) is 1.74. The Morgan fingerprint density at radius 1 is 1.57 bits per heavy atom. The number of anilines is 1. The Labute approximate surface area is 78.2 Å². The van der Waals surface area contributed by atoms with Crippen molar-refractivity contribution in [2.24, 2.45) is 0 Å². The van der Waals surface area contributed by atoms with E-state index in [1.807, 2.05) is 0 Å². The summed E-state index contributed by atoms with van der Waals surface area (Å²) in [5.74, 6) is -1.00. The molecule has 0 unspecified atom stereocenters. The standard InChI is InChI=1S/C7H7N5O2/c1-3-2-4(8)12-7(9-3)10-5(11-12)6(13)14/h2H,8H2,1H3,(H,13,14). The van der Waals surface area contributed by atoms with Crippen molar-refractivity contribution in [2.45, 2.75) is 6.92 Å². The molecule has 0 amide bonds. The minimum Gasteiger partial charge on any atom is -0.475 e. The summed E-state index contributed by atoms with van der Waals surface area (Å²) < 4.78 is 1.19. The highest BCUT2D eigenvalue weighted by molar-refractivity contribution is 5.83. The molecule has 14 heavy (non-hydrogen) atoms. The minimum atomic E-state index is -1.20. The van der Waals surface area contributed by atoms with Crippen LogP contribution in [0.1, 0.15) is 16.3 Å². The summed E-state index contributed by atoms with van der Waals surface area (Å²) in [5, 5.41) is 12.3. The lowest BCUT2D eigenvalue weighted by Crippen LogP contribution is -2.02. The zero-order valence-electron chi connectivity index (χ0n) is 7.30. The van der Waals surface area contributed by atoms with Gasteiger partial charge in [-0.25, -0.2) is 9.78 Å². The van der Waals surface area contributed by atoms with E-state index in [1.54, 1.807) is 13.0 Å². The number of carbonyl (C=O) groups is 1. The maximum Gasteiger partial charge on any atom is 0.375 e. The van der Waals surface area contributed by atoms with Gasteiger partial charge in [0.05, 0.1) is 0 Å². The number of carboxylic acid groups (broad SMARTS) is 1. The number of hydrogen-bond donors (Lipinski definition) is 2. The molecule has 3 N–H and O–H groups in total. The van der Waals surface area contributed by atoms with E-state index < -0.39 is 5.97 Å². The maximum atomic E-state index is 10.6. The molecule has 0 saturated carbocycles. The molecule has 0 aliphatic carbocycles. The Morgan fingerprint density at radius 2 is 2.29 bits per heavy atom. The zero-order chi connectivity index (χ0) is 10.3. The first-order valence-electron chi connectivity index (χ1n) is 3.81. The number of aryl methyl sites for hydroxylation is 1. The zero-order valence-corrected chi connectivity index (χ0v) is 7.30. The second kappa shape index (κ2) is 2.66. The molecule has 2 aromatic rings. The molecule has 0 radical (unpaired) electrons. The Bertz CT molecular complexity index is 518. The van der Waals surface area contributed by atoms with E-state index in [-0.39, 0.29) is 11.6 Å². The smallest absolute Gasteiger partial charge is 0.375 e. The number of hydrogen-bond acceptors (Lipinski definition) is 5. The number of fused-ring (bicyclic) bond motifs is 1. The number of rotatable bonds is 1. The van der Waals surface area contributed by atoms with Crippen LogP contribution in [0.4, 0.5) is 5.82 Å². The first-order valence-corrected chi connectivity index (χ1v) is 3.81. The van der Waals surface area contributed by atoms with Crippen LogP contribution in [-0.4, -0.2) is 30.7 Å². The summed E-state index contributed by atoms with van der Waals surface area (Å²) in [6, 6.07) is 1.59. The number of aromatic nitrogens is 4. The van der Waals surface area contributed by atoms with Crippen LogP contribution in [0.3, 0.4) is 0 Å². The average molecular weight is 193 g/mol. The monoisotopic (exact) mass is 193 g/mol. The molecule has 0 aliphatic rings. The molecular formula is C7H7N5O2. The summed E-state index contributed by atoms with van der Waals surface area (Å²) in [7, 11) is 0. The first-order chi connectivity index (χ1) is 6.58. The average Bonchev–Trinajstić information content (AvgIpc) is 2.47. The van der Waals surface area contributed by atoms with Gasteiger partial charge in [-0.15, -0.1) is 5.10 Å². The van der Waals surface area contributed by atoms with Gasteiger partial charge in [0, 0.05) is 11.8 Å². The molecule has 2 heterocycles. The third-order valence-corrected chi connectivity index (χ3v) is 1.66. The summed E-state index contributed by atoms with van der Waals surface area (Å²) in [4.78, 5) is 18.2. The predicted octanol–water partition coefficient (Wildman–Crippen LogP) is -0.287. The summed E-state index contributed by atoms with van der Waals surface area (Å²) in [6.07, 6.45) is 0. The molecule has 0 aliphatic heterocycles. The van der Waals surface area contributed by atoms with Gasteiger partial charge in [-0.1, -0.05) is 0 Å². The van der Waals surface area contributed by atoms with Crippen LogP contribution in [0.15, 0.2) is 6.07 Å². The molecule has 72 valence electrons. The van der Waals surface area contributed by atoms with E-state index in [4.69, 9.17) is 10.8 Å². The van der Waals surface area contributed by atoms with Gasteiger partial charge < -0.3 is 10.8 Å². The molecule has 0 saturated heterocycles. The predicted molar refractivity (Wildman–Crippen MR) is 46.9 cm³/mol. The van der Waals surface area contributed by atoms with Gasteiger partial charge in [-0.3, -0.25) is 0 Å². The second-order valence-electron chi connectivity index (χ2n) is 2.77. The quantitative estimate of drug-likeness (QED) is 0.644. The molecule has 2 rings (SSSR count). The fourth-order valence-corrected chi connectivity index (χ4v) is 1.11. The van der Waals surface area contributed by atoms with Crippen LogP contribution >= 0.6 is 0 Å². The third-order valence-electron chi connectivity index (χ3n) is 1.66. The molecule has 2 aromatic heterocycles. The SMILES string of the molecule is Cc1cc(N)n2nc(C(=O)O)nc2n1. The molecule has 0 spiro atoms. The van der Waals surface area contributed by atoms with E-state index in [1.165, 1.54) is 4.52 Å². The van der Waals surface area contributed by atoms with Crippen molar-refractivity contribution in [3.05, 3.63) is 17.6 Å². The third kappa shape index (κ3) is 1.15. The highest BCUT2D eigenvalue weighted by Crippen LogP contribution is 2.07. The number of nitrogen functional groups attached to an aromatic ring is 1. The lowest BCUT2D eigenvalue weighted by molar-refractivity contribution is 0.0684. The number of nitrogens with two attached hydrogens (primary N) is 1. The molecule has 7 heteroatoms. The van der Waals surface area contributed by atoms with Crippen molar-refractivity contribution < 1.29 is 9.90 Å². The molecule has 0 atom stereocenters. The van der Waals surface area contributed by atoms with Crippen molar-refractivity contribution in [3.63, 3.8) is 0 Å². The van der Waals surface area contributed by atoms with Crippen molar-refractivity contribution in [1.29, 1.82) is 0 Å². The molecule has 0 fully saturated rings. The van der Waals surface area contributed by atoms with Gasteiger partial charge in [-0.2, -0.15) is 9.50 Å². The van der Waals surface area contributed by atoms with Gasteiger partial charge in [0.1, 0.15) is 5.82 Å². The number of carboxylic acids is 1. The normalized spacial score (nSPS) is 10.6. The number of nitrogens with zero attached hydrogens (tertiary/aromatic N) is 4. The second-order valence-corrected chi connectivity index (χ2v) is 2.77. The Kier molecular flexibility index (Phi) is 1.60. The minimum absolute atomic E-state index is 0.194. The van der Waals surface area contributed by atoms with E-state index >= 15 is 0 Å². The summed E-state index contributed by atoms with van der Waals surface area (Å²) >= 11 is 0. The van der Waals surface area contributed by atoms with Gasteiger partial charge in [-0.05, 0) is 6.92 Å². The summed E-state index contributed by atoms with van der Waals surface area (Å²) in [5.41, 5.74) is 6.26. The van der Waals surface area contributed by atoms with E-state index in [0.29, 0.717) is 11.5 Å². The highest BCUT2D eigenvalue weighted by Gasteiger charge is 2.13. The van der Waals surface area contributed by atoms with Gasteiger partial charge >= 0.3 is 5.97 Å². The first kappa shape index (κ1) is 8.42. The van der Waals surface area contributed by atoms with Crippen molar-refractivity contribution in [2.75, 3.05) is 5.73 Å². The van der Waals surface area contributed by atoms with E-state index in [9.17, 15) is 4.79 Å². The molecule has 0 bridgehead atoms. The van der Waals surface area contributed by atoms with Crippen LogP contribution in [-0.2, 0) is 0 Å². The lowest BCUT2D eigenvalue weighted by atomic mass is 10.4. The van der Waals surface area contributed by atoms with Gasteiger partial charge in [0.15, 0.2) is 0 Å². The van der Waals surface area contributed by atoms with Crippen molar-refractivity contribution >= 4 is 17.6 Å². The number of aromatic carboxylic acids is 1. The van der Waals surface area contributed by atoms with Crippen LogP contribution in [0.2, 0.25) is 0 Å². The molecule has 0 aromatic carbocycles. The van der Waals surface area contributed by atoms with Crippen LogP contribution in [0.25, 0.3) is 5.78 Å². The fourth-order valence-electron chi connectivity index (χ4n) is 1.11. The van der Waals surface area contributed by atoms with Crippen molar-refractivity contribution in [1.82, 2.24) is 19.6 Å². The van der Waals surface area contributed by atoms with Crippen LogP contribution in [0, 0.1) is 6.92 Å². The van der Waals surface area contributed by atoms with Crippen LogP contribution in [0.5, 0.6) is 0 Å². The van der Waals surface area contributed by atoms with E-state index in [0.717, 1.165) is 0 Å². The van der Waals surface area contributed by atoms with Crippen molar-refractivity contribution in [3.8, 4) is 0 Å². The topological polar surface area (TPSA) is 106 Å². The van der Waals surface area contributed by atoms with Gasteiger partial charge in [0.25, 0.3) is 11.6 Å². The molecular weight excluding hydrogens is 186 g/mol. The Hall–Kier alpha value is -2.18. The largest absolute Gasteiger partial charge is 0.475 e. The fraction of sp³-hybridized carbons (Fsp3) is 0.143. The lowest BCUT2D eigenvalue weighted by Gasteiger charge is -1.96.